The maximum absolute atomic E-state index is 9.29. The number of hydrogen-bond acceptors (Lipinski definition) is 1. The average Bonchev–Trinajstić information content (AvgIpc) is 2.44. The van der Waals surface area contributed by atoms with Gasteiger partial charge in [0.05, 0.1) is 0 Å². The van der Waals surface area contributed by atoms with Gasteiger partial charge in [0.25, 0.3) is 0 Å². The number of carbonyl (C=O) groups is 1. The number of carbonyl (C=O) groups excluding carboxylic acids is 1. The minimum absolute atomic E-state index is 0.681. The molecule has 0 aliphatic heterocycles. The topological polar surface area (TPSA) is 29.1 Å². The summed E-state index contributed by atoms with van der Waals surface area (Å²) >= 11 is 5.64. The Morgan fingerprint density at radius 3 is 1.85 bits per heavy atom. The molecular formula is C17H32ClNO. The standard InChI is InChI=1S/C7H7Cl.C5H12.C3H7NO.C2H6/c1-6-3-2-4-7(8)5-6;1-3-5-4-2;1-2-4-3-5;1-2/h2-5H,1H3;3-5H2,1-2H3;3H,2H2,1H3,(H,4,5);1-2H3. The molecule has 0 aliphatic carbocycles. The van der Waals surface area contributed by atoms with Gasteiger partial charge in [-0.1, -0.05) is 70.7 Å². The highest BCUT2D eigenvalue weighted by molar-refractivity contribution is 6.30. The van der Waals surface area contributed by atoms with E-state index in [0.717, 1.165) is 11.6 Å². The first-order chi connectivity index (χ1) is 9.62. The van der Waals surface area contributed by atoms with Crippen LogP contribution < -0.4 is 5.32 Å². The molecule has 0 heterocycles. The van der Waals surface area contributed by atoms with Crippen molar-refractivity contribution in [2.24, 2.45) is 0 Å². The first kappa shape index (κ1) is 24.0. The van der Waals surface area contributed by atoms with E-state index >= 15 is 0 Å². The molecule has 0 spiro atoms. The van der Waals surface area contributed by atoms with E-state index in [4.69, 9.17) is 11.6 Å². The molecule has 1 rings (SSSR count). The Bertz CT molecular complexity index is 271. The fourth-order valence-electron chi connectivity index (χ4n) is 1.04. The van der Waals surface area contributed by atoms with Crippen LogP contribution in [0.1, 0.15) is 59.4 Å². The third kappa shape index (κ3) is 25.7. The highest BCUT2D eigenvalue weighted by Crippen LogP contribution is 2.08. The van der Waals surface area contributed by atoms with E-state index in [1.54, 1.807) is 0 Å². The Balaban J connectivity index is -0.000000213. The van der Waals surface area contributed by atoms with Gasteiger partial charge in [0, 0.05) is 11.6 Å². The summed E-state index contributed by atoms with van der Waals surface area (Å²) in [6, 6.07) is 7.76. The Morgan fingerprint density at radius 2 is 1.70 bits per heavy atom. The van der Waals surface area contributed by atoms with Crippen molar-refractivity contribution in [3.05, 3.63) is 34.9 Å². The van der Waals surface area contributed by atoms with Crippen LogP contribution in [0.3, 0.4) is 0 Å². The summed E-state index contributed by atoms with van der Waals surface area (Å²) in [4.78, 5) is 9.29. The van der Waals surface area contributed by atoms with E-state index < -0.39 is 0 Å². The van der Waals surface area contributed by atoms with Crippen molar-refractivity contribution >= 4 is 18.0 Å². The smallest absolute Gasteiger partial charge is 0.207 e. The lowest BCUT2D eigenvalue weighted by Crippen LogP contribution is -2.07. The fraction of sp³-hybridized carbons (Fsp3) is 0.588. The SMILES string of the molecule is CC.CCCCC.CCNC=O.Cc1cccc(Cl)c1. The van der Waals surface area contributed by atoms with Crippen LogP contribution in [0.5, 0.6) is 0 Å². The van der Waals surface area contributed by atoms with Crippen LogP contribution in [0.15, 0.2) is 24.3 Å². The van der Waals surface area contributed by atoms with Crippen LogP contribution in [0.4, 0.5) is 0 Å². The molecule has 0 atom stereocenters. The number of unbranched alkanes of at least 4 members (excludes halogenated alkanes) is 2. The summed E-state index contributed by atoms with van der Waals surface area (Å²) in [5.41, 5.74) is 1.21. The quantitative estimate of drug-likeness (QED) is 0.718. The fourth-order valence-corrected chi connectivity index (χ4v) is 1.29. The van der Waals surface area contributed by atoms with Gasteiger partial charge >= 0.3 is 0 Å². The molecule has 1 amide bonds. The molecule has 0 radical (unpaired) electrons. The van der Waals surface area contributed by atoms with E-state index in [0.29, 0.717) is 6.41 Å². The second kappa shape index (κ2) is 23.1. The molecule has 0 bridgehead atoms. The largest absolute Gasteiger partial charge is 0.359 e. The summed E-state index contributed by atoms with van der Waals surface area (Å²) in [5.74, 6) is 0. The molecule has 1 aromatic rings. The zero-order chi connectivity index (χ0) is 16.2. The maximum atomic E-state index is 9.29. The number of aryl methyl sites for hydroxylation is 1. The van der Waals surface area contributed by atoms with Crippen molar-refractivity contribution in [3.8, 4) is 0 Å². The molecular weight excluding hydrogens is 270 g/mol. The third-order valence-electron chi connectivity index (χ3n) is 1.97. The van der Waals surface area contributed by atoms with Crippen molar-refractivity contribution in [1.82, 2.24) is 5.32 Å². The van der Waals surface area contributed by atoms with Crippen LogP contribution in [-0.4, -0.2) is 13.0 Å². The Hall–Kier alpha value is -1.02. The van der Waals surface area contributed by atoms with Gasteiger partial charge < -0.3 is 5.32 Å². The molecule has 118 valence electrons. The molecule has 1 aromatic carbocycles. The summed E-state index contributed by atoms with van der Waals surface area (Å²) < 4.78 is 0. The van der Waals surface area contributed by atoms with Crippen LogP contribution in [-0.2, 0) is 4.79 Å². The third-order valence-corrected chi connectivity index (χ3v) is 2.21. The zero-order valence-corrected chi connectivity index (χ0v) is 14.8. The highest BCUT2D eigenvalue weighted by atomic mass is 35.5. The lowest BCUT2D eigenvalue weighted by atomic mass is 10.2. The average molecular weight is 302 g/mol. The number of rotatable bonds is 4. The predicted octanol–water partition coefficient (Wildman–Crippen LogP) is 5.62. The predicted molar refractivity (Wildman–Crippen MR) is 92.5 cm³/mol. The molecule has 0 saturated carbocycles. The molecule has 0 fully saturated rings. The Labute approximate surface area is 130 Å². The first-order valence-corrected chi connectivity index (χ1v) is 7.89. The van der Waals surface area contributed by atoms with Crippen LogP contribution in [0.2, 0.25) is 5.02 Å². The number of amides is 1. The molecule has 3 heteroatoms. The van der Waals surface area contributed by atoms with Crippen molar-refractivity contribution < 1.29 is 4.79 Å². The van der Waals surface area contributed by atoms with Gasteiger partial charge in [-0.3, -0.25) is 4.79 Å². The zero-order valence-electron chi connectivity index (χ0n) is 14.0. The van der Waals surface area contributed by atoms with Crippen LogP contribution >= 0.6 is 11.6 Å². The highest BCUT2D eigenvalue weighted by Gasteiger charge is 1.82. The second-order valence-corrected chi connectivity index (χ2v) is 4.26. The molecule has 1 N–H and O–H groups in total. The van der Waals surface area contributed by atoms with Gasteiger partial charge in [-0.05, 0) is 31.5 Å². The molecule has 2 nitrogen and oxygen atoms in total. The van der Waals surface area contributed by atoms with E-state index in [1.165, 1.54) is 24.8 Å². The maximum Gasteiger partial charge on any atom is 0.207 e. The lowest BCUT2D eigenvalue weighted by Gasteiger charge is -1.88. The van der Waals surface area contributed by atoms with Crippen LogP contribution in [0, 0.1) is 6.92 Å². The summed E-state index contributed by atoms with van der Waals surface area (Å²) in [6.45, 7) is 13.0. The Kier molecular flexibility index (Phi) is 27.8. The van der Waals surface area contributed by atoms with Crippen LogP contribution in [0.25, 0.3) is 0 Å². The summed E-state index contributed by atoms with van der Waals surface area (Å²) in [6.07, 6.45) is 4.76. The normalized spacial score (nSPS) is 7.75. The second-order valence-electron chi connectivity index (χ2n) is 3.83. The van der Waals surface area contributed by atoms with Crippen molar-refractivity contribution in [1.29, 1.82) is 0 Å². The van der Waals surface area contributed by atoms with E-state index in [9.17, 15) is 4.79 Å². The molecule has 20 heavy (non-hydrogen) atoms. The number of nitrogens with one attached hydrogen (secondary N) is 1. The molecule has 0 saturated heterocycles. The number of halogens is 1. The minimum Gasteiger partial charge on any atom is -0.359 e. The van der Waals surface area contributed by atoms with Crippen molar-refractivity contribution in [2.75, 3.05) is 6.54 Å². The molecule has 0 aromatic heterocycles. The van der Waals surface area contributed by atoms with Gasteiger partial charge in [-0.25, -0.2) is 0 Å². The molecule has 0 aliphatic rings. The minimum atomic E-state index is 0.681. The van der Waals surface area contributed by atoms with Crippen molar-refractivity contribution in [2.45, 2.75) is 60.8 Å². The van der Waals surface area contributed by atoms with Gasteiger partial charge in [-0.2, -0.15) is 0 Å². The van der Waals surface area contributed by atoms with Gasteiger partial charge in [0.1, 0.15) is 0 Å². The van der Waals surface area contributed by atoms with E-state index in [2.05, 4.69) is 19.2 Å². The van der Waals surface area contributed by atoms with Gasteiger partial charge in [0.15, 0.2) is 0 Å². The summed E-state index contributed by atoms with van der Waals surface area (Å²) in [7, 11) is 0. The van der Waals surface area contributed by atoms with E-state index in [-0.39, 0.29) is 0 Å². The monoisotopic (exact) mass is 301 g/mol. The number of benzene rings is 1. The van der Waals surface area contributed by atoms with E-state index in [1.807, 2.05) is 52.0 Å². The Morgan fingerprint density at radius 1 is 1.15 bits per heavy atom. The summed E-state index contributed by atoms with van der Waals surface area (Å²) in [5, 5.41) is 3.24. The van der Waals surface area contributed by atoms with Crippen molar-refractivity contribution in [3.63, 3.8) is 0 Å². The van der Waals surface area contributed by atoms with Gasteiger partial charge in [0.2, 0.25) is 6.41 Å². The van der Waals surface area contributed by atoms with Gasteiger partial charge in [-0.15, -0.1) is 0 Å². The first-order valence-electron chi connectivity index (χ1n) is 7.51. The molecule has 0 unspecified atom stereocenters. The lowest BCUT2D eigenvalue weighted by molar-refractivity contribution is -0.109. The number of hydrogen-bond donors (Lipinski definition) is 1.